The van der Waals surface area contributed by atoms with E-state index < -0.39 is 0 Å². The lowest BCUT2D eigenvalue weighted by Crippen LogP contribution is -2.32. The van der Waals surface area contributed by atoms with Crippen molar-refractivity contribution < 1.29 is 4.74 Å². The number of nitrogens with zero attached hydrogens (tertiary/aromatic N) is 4. The Bertz CT molecular complexity index is 989. The van der Waals surface area contributed by atoms with E-state index in [-0.39, 0.29) is 10.8 Å². The molecule has 2 aliphatic rings. The molecule has 2 bridgehead atoms. The highest BCUT2D eigenvalue weighted by Crippen LogP contribution is 2.66. The summed E-state index contributed by atoms with van der Waals surface area (Å²) in [6, 6.07) is 7.93. The van der Waals surface area contributed by atoms with Crippen LogP contribution in [0.2, 0.25) is 0 Å². The van der Waals surface area contributed by atoms with Gasteiger partial charge in [0.1, 0.15) is 5.75 Å². The molecule has 0 saturated heterocycles. The molecule has 5 nitrogen and oxygen atoms in total. The molecule has 0 unspecified atom stereocenters. The summed E-state index contributed by atoms with van der Waals surface area (Å²) in [5.41, 5.74) is 4.59. The van der Waals surface area contributed by atoms with Gasteiger partial charge in [0.05, 0.1) is 30.4 Å². The predicted molar refractivity (Wildman–Crippen MR) is 95.9 cm³/mol. The second-order valence-electron chi connectivity index (χ2n) is 8.09. The van der Waals surface area contributed by atoms with E-state index in [1.165, 1.54) is 18.5 Å². The minimum atomic E-state index is 0.110. The molecule has 2 heterocycles. The number of benzene rings is 1. The summed E-state index contributed by atoms with van der Waals surface area (Å²) in [4.78, 5) is 9.64. The van der Waals surface area contributed by atoms with Crippen molar-refractivity contribution in [1.82, 2.24) is 19.6 Å². The first kappa shape index (κ1) is 14.9. The minimum Gasteiger partial charge on any atom is -0.497 e. The molecular formula is C20H22N4O. The maximum absolute atomic E-state index is 5.23. The van der Waals surface area contributed by atoms with Crippen molar-refractivity contribution in [3.05, 3.63) is 41.9 Å². The largest absolute Gasteiger partial charge is 0.497 e. The van der Waals surface area contributed by atoms with Gasteiger partial charge in [-0.1, -0.05) is 20.8 Å². The van der Waals surface area contributed by atoms with Crippen molar-refractivity contribution >= 4 is 5.78 Å². The Morgan fingerprint density at radius 1 is 1.12 bits per heavy atom. The molecule has 2 aliphatic carbocycles. The average Bonchev–Trinajstić information content (AvgIpc) is 3.17. The molecule has 0 radical (unpaired) electrons. The van der Waals surface area contributed by atoms with E-state index in [1.807, 2.05) is 35.0 Å². The van der Waals surface area contributed by atoms with Crippen LogP contribution in [0.5, 0.6) is 5.75 Å². The standard InChI is InChI=1S/C20H22N4O/c1-19(2)14-9-10-20(19,3)17-16(14)22-18-21-15(11-24(18)23-17)12-5-7-13(25-4)8-6-12/h5-8,11,14H,9-10H2,1-4H3/t14-,20-/m1/s1. The number of ether oxygens (including phenoxy) is 1. The van der Waals surface area contributed by atoms with E-state index in [4.69, 9.17) is 19.8 Å². The van der Waals surface area contributed by atoms with E-state index in [0.29, 0.717) is 11.7 Å². The molecular weight excluding hydrogens is 312 g/mol. The fourth-order valence-electron chi connectivity index (χ4n) is 4.77. The van der Waals surface area contributed by atoms with Crippen molar-refractivity contribution in [3.63, 3.8) is 0 Å². The van der Waals surface area contributed by atoms with Crippen LogP contribution in [-0.2, 0) is 5.41 Å². The molecule has 5 heteroatoms. The van der Waals surface area contributed by atoms with Crippen LogP contribution in [0, 0.1) is 5.41 Å². The summed E-state index contributed by atoms with van der Waals surface area (Å²) < 4.78 is 7.08. The Morgan fingerprint density at radius 2 is 1.88 bits per heavy atom. The molecule has 1 aromatic carbocycles. The molecule has 0 spiro atoms. The Kier molecular flexibility index (Phi) is 2.73. The molecule has 2 atom stereocenters. The van der Waals surface area contributed by atoms with Crippen molar-refractivity contribution in [3.8, 4) is 17.0 Å². The summed E-state index contributed by atoms with van der Waals surface area (Å²) in [6.45, 7) is 7.07. The third kappa shape index (κ3) is 1.76. The van der Waals surface area contributed by atoms with Crippen LogP contribution < -0.4 is 4.74 Å². The van der Waals surface area contributed by atoms with Gasteiger partial charge in [0.25, 0.3) is 5.78 Å². The van der Waals surface area contributed by atoms with Gasteiger partial charge < -0.3 is 4.74 Å². The first-order valence-electron chi connectivity index (χ1n) is 8.86. The molecule has 25 heavy (non-hydrogen) atoms. The van der Waals surface area contributed by atoms with Gasteiger partial charge in [0.2, 0.25) is 0 Å². The quantitative estimate of drug-likeness (QED) is 0.711. The zero-order valence-electron chi connectivity index (χ0n) is 15.1. The molecule has 5 rings (SSSR count). The van der Waals surface area contributed by atoms with Crippen molar-refractivity contribution in [2.45, 2.75) is 44.9 Å². The molecule has 1 fully saturated rings. The summed E-state index contributed by atoms with van der Waals surface area (Å²) in [5, 5.41) is 4.95. The van der Waals surface area contributed by atoms with Crippen LogP contribution in [0.25, 0.3) is 17.0 Å². The van der Waals surface area contributed by atoms with E-state index in [0.717, 1.165) is 22.7 Å². The van der Waals surface area contributed by atoms with Gasteiger partial charge in [-0.15, -0.1) is 0 Å². The number of aromatic nitrogens is 4. The Hall–Kier alpha value is -2.43. The van der Waals surface area contributed by atoms with E-state index in [9.17, 15) is 0 Å². The number of hydrogen-bond donors (Lipinski definition) is 0. The number of hydrogen-bond acceptors (Lipinski definition) is 4. The van der Waals surface area contributed by atoms with Gasteiger partial charge in [-0.25, -0.2) is 14.5 Å². The fourth-order valence-corrected chi connectivity index (χ4v) is 4.77. The third-order valence-corrected chi connectivity index (χ3v) is 6.81. The second kappa shape index (κ2) is 4.59. The molecule has 3 aromatic rings. The molecule has 0 aliphatic heterocycles. The zero-order valence-corrected chi connectivity index (χ0v) is 15.1. The smallest absolute Gasteiger partial charge is 0.251 e. The average molecular weight is 334 g/mol. The summed E-state index contributed by atoms with van der Waals surface area (Å²) in [7, 11) is 1.67. The first-order chi connectivity index (χ1) is 11.9. The van der Waals surface area contributed by atoms with Crippen LogP contribution in [0.4, 0.5) is 0 Å². The maximum atomic E-state index is 5.23. The monoisotopic (exact) mass is 334 g/mol. The summed E-state index contributed by atoms with van der Waals surface area (Å²) in [5.74, 6) is 2.03. The van der Waals surface area contributed by atoms with Gasteiger partial charge in [0, 0.05) is 16.9 Å². The van der Waals surface area contributed by atoms with Crippen LogP contribution >= 0.6 is 0 Å². The fraction of sp³-hybridized carbons (Fsp3) is 0.450. The number of imidazole rings is 1. The zero-order chi connectivity index (χ0) is 17.4. The van der Waals surface area contributed by atoms with Crippen LogP contribution in [0.1, 0.15) is 50.9 Å². The summed E-state index contributed by atoms with van der Waals surface area (Å²) >= 11 is 0. The van der Waals surface area contributed by atoms with Crippen LogP contribution in [0.3, 0.4) is 0 Å². The molecule has 2 aromatic heterocycles. The normalized spacial score (nSPS) is 26.2. The molecule has 1 saturated carbocycles. The van der Waals surface area contributed by atoms with E-state index in [2.05, 4.69) is 20.8 Å². The predicted octanol–water partition coefficient (Wildman–Crippen LogP) is 3.97. The van der Waals surface area contributed by atoms with E-state index >= 15 is 0 Å². The lowest BCUT2D eigenvalue weighted by Gasteiger charge is -2.33. The molecule has 0 N–H and O–H groups in total. The topological polar surface area (TPSA) is 52.3 Å². The number of methoxy groups -OCH3 is 1. The lowest BCUT2D eigenvalue weighted by molar-refractivity contribution is 0.226. The van der Waals surface area contributed by atoms with Crippen molar-refractivity contribution in [2.75, 3.05) is 7.11 Å². The van der Waals surface area contributed by atoms with Crippen LogP contribution in [0.15, 0.2) is 30.5 Å². The summed E-state index contributed by atoms with van der Waals surface area (Å²) in [6.07, 6.45) is 4.37. The van der Waals surface area contributed by atoms with Gasteiger partial charge in [0.15, 0.2) is 0 Å². The first-order valence-corrected chi connectivity index (χ1v) is 8.86. The SMILES string of the molecule is COc1ccc(-c2cn3nc4c(nc3n2)[C@H]2CC[C@@]4(C)C2(C)C)cc1. The maximum Gasteiger partial charge on any atom is 0.251 e. The Balaban J connectivity index is 1.64. The van der Waals surface area contributed by atoms with E-state index in [1.54, 1.807) is 7.11 Å². The third-order valence-electron chi connectivity index (χ3n) is 6.81. The van der Waals surface area contributed by atoms with Crippen LogP contribution in [-0.4, -0.2) is 26.7 Å². The Morgan fingerprint density at radius 3 is 2.60 bits per heavy atom. The minimum absolute atomic E-state index is 0.110. The van der Waals surface area contributed by atoms with Gasteiger partial charge in [-0.2, -0.15) is 5.10 Å². The van der Waals surface area contributed by atoms with Gasteiger partial charge >= 0.3 is 0 Å². The highest BCUT2D eigenvalue weighted by molar-refractivity contribution is 5.62. The number of rotatable bonds is 2. The van der Waals surface area contributed by atoms with Gasteiger partial charge in [-0.3, -0.25) is 0 Å². The second-order valence-corrected chi connectivity index (χ2v) is 8.09. The van der Waals surface area contributed by atoms with Crippen molar-refractivity contribution in [2.24, 2.45) is 5.41 Å². The highest BCUT2D eigenvalue weighted by atomic mass is 16.5. The Labute approximate surface area is 147 Å². The molecule has 0 amide bonds. The highest BCUT2D eigenvalue weighted by Gasteiger charge is 2.61. The molecule has 128 valence electrons. The number of fused-ring (bicyclic) bond motifs is 6. The lowest BCUT2D eigenvalue weighted by atomic mass is 9.70. The van der Waals surface area contributed by atoms with Gasteiger partial charge in [-0.05, 0) is 42.5 Å². The van der Waals surface area contributed by atoms with Crippen molar-refractivity contribution in [1.29, 1.82) is 0 Å².